The third kappa shape index (κ3) is 1.89. The normalized spacial score (nSPS) is 12.9. The average molecular weight is 115 g/mol. The van der Waals surface area contributed by atoms with Gasteiger partial charge in [0, 0.05) is 6.54 Å². The number of allylic oxidation sites excluding steroid dienone is 2. The van der Waals surface area contributed by atoms with Crippen LogP contribution in [0.25, 0.3) is 0 Å². The van der Waals surface area contributed by atoms with Crippen LogP contribution in [0.5, 0.6) is 0 Å². The molecule has 0 amide bonds. The average Bonchev–Trinajstić information content (AvgIpc) is 1.84. The molecule has 0 heterocycles. The molecule has 0 fully saturated rings. The molecule has 0 saturated carbocycles. The minimum absolute atomic E-state index is 0.262. The van der Waals surface area contributed by atoms with Crippen molar-refractivity contribution < 1.29 is 4.39 Å². The highest BCUT2D eigenvalue weighted by Crippen LogP contribution is 2.03. The Kier molecular flexibility index (Phi) is 3.12. The Hall–Kier alpha value is -0.630. The Morgan fingerprint density at radius 3 is 2.50 bits per heavy atom. The zero-order valence-electron chi connectivity index (χ0n) is 4.95. The van der Waals surface area contributed by atoms with Crippen molar-refractivity contribution in [1.29, 1.82) is 0 Å². The highest BCUT2D eigenvalue weighted by molar-refractivity contribution is 5.16. The third-order valence-electron chi connectivity index (χ3n) is 0.893. The fourth-order valence-corrected chi connectivity index (χ4v) is 0.272. The van der Waals surface area contributed by atoms with Gasteiger partial charge in [0.05, 0.1) is 0 Å². The number of nitrogens with two attached hydrogens (primary N) is 1. The van der Waals surface area contributed by atoms with Gasteiger partial charge in [-0.05, 0) is 18.6 Å². The molecular weight excluding hydrogens is 105 g/mol. The smallest absolute Gasteiger partial charge is 0.122 e. The minimum atomic E-state index is -0.312. The van der Waals surface area contributed by atoms with Crippen molar-refractivity contribution in [2.45, 2.75) is 6.92 Å². The maximum atomic E-state index is 12.2. The summed E-state index contributed by atoms with van der Waals surface area (Å²) in [5.74, 6) is -0.312. The maximum Gasteiger partial charge on any atom is 0.122 e. The van der Waals surface area contributed by atoms with Gasteiger partial charge in [-0.25, -0.2) is 4.39 Å². The topological polar surface area (TPSA) is 26.0 Å². The van der Waals surface area contributed by atoms with Crippen molar-refractivity contribution in [2.75, 3.05) is 6.54 Å². The van der Waals surface area contributed by atoms with Crippen molar-refractivity contribution in [2.24, 2.45) is 5.73 Å². The molecule has 0 unspecified atom stereocenters. The lowest BCUT2D eigenvalue weighted by Gasteiger charge is -1.92. The summed E-state index contributed by atoms with van der Waals surface area (Å²) < 4.78 is 12.2. The van der Waals surface area contributed by atoms with Crippen molar-refractivity contribution in [3.8, 4) is 0 Å². The Bertz CT molecular complexity index is 116. The van der Waals surface area contributed by atoms with Gasteiger partial charge in [0.15, 0.2) is 0 Å². The van der Waals surface area contributed by atoms with E-state index in [-0.39, 0.29) is 12.4 Å². The molecule has 46 valence electrons. The molecule has 0 rings (SSSR count). The van der Waals surface area contributed by atoms with Crippen molar-refractivity contribution in [1.82, 2.24) is 0 Å². The lowest BCUT2D eigenvalue weighted by molar-refractivity contribution is 0.651. The van der Waals surface area contributed by atoms with Gasteiger partial charge in [-0.2, -0.15) is 0 Å². The Labute approximate surface area is 48.7 Å². The molecule has 0 atom stereocenters. The van der Waals surface area contributed by atoms with Crippen LogP contribution in [-0.2, 0) is 0 Å². The molecule has 0 aliphatic heterocycles. The first kappa shape index (κ1) is 7.37. The van der Waals surface area contributed by atoms with E-state index in [1.54, 1.807) is 6.92 Å². The molecule has 0 saturated heterocycles. The van der Waals surface area contributed by atoms with Gasteiger partial charge in [-0.1, -0.05) is 6.58 Å². The zero-order chi connectivity index (χ0) is 6.57. The van der Waals surface area contributed by atoms with Crippen LogP contribution < -0.4 is 5.73 Å². The summed E-state index contributed by atoms with van der Waals surface area (Å²) in [6.07, 6.45) is 1.15. The molecule has 8 heavy (non-hydrogen) atoms. The van der Waals surface area contributed by atoms with Crippen LogP contribution in [0.1, 0.15) is 6.92 Å². The second-order valence-electron chi connectivity index (χ2n) is 1.54. The standard InChI is InChI=1S/C6H10FN/c1-3-6(7)5(2)4-8/h3H,1,4,8H2,2H3/b6-5-. The third-order valence-corrected chi connectivity index (χ3v) is 0.893. The summed E-state index contributed by atoms with van der Waals surface area (Å²) in [6.45, 7) is 5.14. The van der Waals surface area contributed by atoms with Crippen LogP contribution in [-0.4, -0.2) is 6.54 Å². The summed E-state index contributed by atoms with van der Waals surface area (Å²) in [5.41, 5.74) is 5.64. The molecule has 0 aromatic rings. The van der Waals surface area contributed by atoms with E-state index in [0.29, 0.717) is 5.57 Å². The number of hydrogen-bond acceptors (Lipinski definition) is 1. The zero-order valence-corrected chi connectivity index (χ0v) is 4.95. The molecule has 0 aromatic heterocycles. The van der Waals surface area contributed by atoms with Crippen molar-refractivity contribution in [3.05, 3.63) is 24.1 Å². The molecule has 0 aromatic carbocycles. The molecule has 0 spiro atoms. The van der Waals surface area contributed by atoms with E-state index < -0.39 is 0 Å². The van der Waals surface area contributed by atoms with Gasteiger partial charge in [-0.3, -0.25) is 0 Å². The molecule has 2 heteroatoms. The van der Waals surface area contributed by atoms with E-state index in [9.17, 15) is 4.39 Å². The quantitative estimate of drug-likeness (QED) is 0.540. The lowest BCUT2D eigenvalue weighted by atomic mass is 10.3. The molecule has 0 aliphatic rings. The van der Waals surface area contributed by atoms with E-state index in [2.05, 4.69) is 6.58 Å². The molecule has 0 radical (unpaired) electrons. The van der Waals surface area contributed by atoms with Gasteiger partial charge < -0.3 is 5.73 Å². The van der Waals surface area contributed by atoms with Crippen molar-refractivity contribution >= 4 is 0 Å². The maximum absolute atomic E-state index is 12.2. The molecule has 1 nitrogen and oxygen atoms in total. The van der Waals surface area contributed by atoms with Gasteiger partial charge in [-0.15, -0.1) is 0 Å². The fraction of sp³-hybridized carbons (Fsp3) is 0.333. The van der Waals surface area contributed by atoms with Crippen LogP contribution in [0.3, 0.4) is 0 Å². The summed E-state index contributed by atoms with van der Waals surface area (Å²) in [6, 6.07) is 0. The first-order valence-corrected chi connectivity index (χ1v) is 2.40. The van der Waals surface area contributed by atoms with Crippen LogP contribution >= 0.6 is 0 Å². The van der Waals surface area contributed by atoms with Crippen LogP contribution in [0.15, 0.2) is 24.1 Å². The number of rotatable bonds is 2. The van der Waals surface area contributed by atoms with E-state index in [1.807, 2.05) is 0 Å². The Morgan fingerprint density at radius 1 is 1.88 bits per heavy atom. The fourth-order valence-electron chi connectivity index (χ4n) is 0.272. The van der Waals surface area contributed by atoms with Gasteiger partial charge >= 0.3 is 0 Å². The predicted molar refractivity (Wildman–Crippen MR) is 33.1 cm³/mol. The Balaban J connectivity index is 4.03. The van der Waals surface area contributed by atoms with Crippen LogP contribution in [0.4, 0.5) is 4.39 Å². The second kappa shape index (κ2) is 3.38. The SMILES string of the molecule is C=C/C(F)=C(\C)CN. The van der Waals surface area contributed by atoms with Crippen LogP contribution in [0, 0.1) is 0 Å². The first-order chi connectivity index (χ1) is 3.72. The monoisotopic (exact) mass is 115 g/mol. The second-order valence-corrected chi connectivity index (χ2v) is 1.54. The molecular formula is C6H10FN. The highest BCUT2D eigenvalue weighted by atomic mass is 19.1. The molecule has 0 aliphatic carbocycles. The minimum Gasteiger partial charge on any atom is -0.327 e. The molecule has 0 bridgehead atoms. The van der Waals surface area contributed by atoms with Gasteiger partial charge in [0.1, 0.15) is 5.83 Å². The first-order valence-electron chi connectivity index (χ1n) is 2.40. The highest BCUT2D eigenvalue weighted by Gasteiger charge is 1.90. The Morgan fingerprint density at radius 2 is 2.38 bits per heavy atom. The van der Waals surface area contributed by atoms with Gasteiger partial charge in [0.25, 0.3) is 0 Å². The summed E-state index contributed by atoms with van der Waals surface area (Å²) in [7, 11) is 0. The summed E-state index contributed by atoms with van der Waals surface area (Å²) >= 11 is 0. The number of halogens is 1. The van der Waals surface area contributed by atoms with E-state index in [0.717, 1.165) is 6.08 Å². The van der Waals surface area contributed by atoms with E-state index in [4.69, 9.17) is 5.73 Å². The largest absolute Gasteiger partial charge is 0.327 e. The predicted octanol–water partition coefficient (Wildman–Crippen LogP) is 1.37. The summed E-state index contributed by atoms with van der Waals surface area (Å²) in [4.78, 5) is 0. The van der Waals surface area contributed by atoms with E-state index >= 15 is 0 Å². The van der Waals surface area contributed by atoms with Gasteiger partial charge in [0.2, 0.25) is 0 Å². The lowest BCUT2D eigenvalue weighted by Crippen LogP contribution is -2.00. The van der Waals surface area contributed by atoms with Crippen LogP contribution in [0.2, 0.25) is 0 Å². The summed E-state index contributed by atoms with van der Waals surface area (Å²) in [5, 5.41) is 0. The molecule has 2 N–H and O–H groups in total. The van der Waals surface area contributed by atoms with E-state index in [1.165, 1.54) is 0 Å². The van der Waals surface area contributed by atoms with Crippen molar-refractivity contribution in [3.63, 3.8) is 0 Å². The number of hydrogen-bond donors (Lipinski definition) is 1.